The zero-order valence-electron chi connectivity index (χ0n) is 7.85. The van der Waals surface area contributed by atoms with Crippen LogP contribution in [0.4, 0.5) is 0 Å². The minimum atomic E-state index is -0.261. The highest BCUT2D eigenvalue weighted by Gasteiger charge is 2.25. The van der Waals surface area contributed by atoms with Gasteiger partial charge in [0.25, 0.3) is 0 Å². The summed E-state index contributed by atoms with van der Waals surface area (Å²) in [7, 11) is 1.83. The lowest BCUT2D eigenvalue weighted by atomic mass is 10.4. The fourth-order valence-electron chi connectivity index (χ4n) is 1.27. The van der Waals surface area contributed by atoms with Crippen LogP contribution in [0.3, 0.4) is 0 Å². The van der Waals surface area contributed by atoms with E-state index in [0.717, 1.165) is 11.5 Å². The summed E-state index contributed by atoms with van der Waals surface area (Å²) in [5, 5.41) is 4.61. The van der Waals surface area contributed by atoms with Crippen LogP contribution in [0.5, 0.6) is 0 Å². The summed E-state index contributed by atoms with van der Waals surface area (Å²) >= 11 is 5.00. The maximum Gasteiger partial charge on any atom is 0.318 e. The summed E-state index contributed by atoms with van der Waals surface area (Å²) in [6.07, 6.45) is 1.66. The van der Waals surface area contributed by atoms with E-state index < -0.39 is 0 Å². The first-order valence-corrected chi connectivity index (χ1v) is 4.52. The quantitative estimate of drug-likeness (QED) is 0.362. The van der Waals surface area contributed by atoms with Crippen molar-refractivity contribution in [3.8, 4) is 0 Å². The smallest absolute Gasteiger partial charge is 0.318 e. The molecule has 74 valence electrons. The average molecular weight is 211 g/mol. The first kappa shape index (κ1) is 9.14. The van der Waals surface area contributed by atoms with E-state index in [1.165, 1.54) is 6.26 Å². The molecule has 0 saturated carbocycles. The van der Waals surface area contributed by atoms with E-state index in [0.29, 0.717) is 5.16 Å². The lowest BCUT2D eigenvalue weighted by molar-refractivity contribution is -0.715. The Morgan fingerprint density at radius 3 is 2.86 bits per heavy atom. The summed E-state index contributed by atoms with van der Waals surface area (Å²) in [4.78, 5) is 10.9. The van der Waals surface area contributed by atoms with Crippen molar-refractivity contribution in [2.45, 2.75) is 18.5 Å². The molecule has 0 aliphatic carbocycles. The lowest BCUT2D eigenvalue weighted by Gasteiger charge is -1.93. The molecular formula is C8H9N3O2S. The second kappa shape index (κ2) is 3.06. The van der Waals surface area contributed by atoms with Crippen molar-refractivity contribution in [2.24, 2.45) is 7.05 Å². The van der Waals surface area contributed by atoms with Crippen LogP contribution in [0.2, 0.25) is 0 Å². The Morgan fingerprint density at radius 1 is 1.71 bits per heavy atom. The number of rotatable bonds is 1. The maximum absolute atomic E-state index is 10.9. The summed E-state index contributed by atoms with van der Waals surface area (Å²) in [5.41, 5.74) is 0.721. The van der Waals surface area contributed by atoms with Gasteiger partial charge in [0, 0.05) is 12.0 Å². The second-order valence-corrected chi connectivity index (χ2v) is 3.44. The zero-order chi connectivity index (χ0) is 10.3. The standard InChI is InChI=1S/C8H9N3O2S/c1-5-10(2)8(14)9-11(5)6-3-7(12)13-4-6/h4H,3H2,1-2H3. The van der Waals surface area contributed by atoms with E-state index in [2.05, 4.69) is 5.10 Å². The van der Waals surface area contributed by atoms with Gasteiger partial charge in [-0.15, -0.1) is 0 Å². The Kier molecular flexibility index (Phi) is 1.99. The molecule has 0 unspecified atom stereocenters. The van der Waals surface area contributed by atoms with E-state index in [4.69, 9.17) is 17.4 Å². The first-order valence-electron chi connectivity index (χ1n) is 4.11. The molecule has 6 heteroatoms. The maximum atomic E-state index is 10.9. The zero-order valence-corrected chi connectivity index (χ0v) is 8.67. The van der Waals surface area contributed by atoms with Crippen LogP contribution in [-0.4, -0.2) is 15.7 Å². The molecule has 1 aromatic heterocycles. The van der Waals surface area contributed by atoms with Gasteiger partial charge >= 0.3 is 5.97 Å². The molecule has 0 atom stereocenters. The Bertz CT molecular complexity index is 436. The van der Waals surface area contributed by atoms with Gasteiger partial charge in [0.05, 0.1) is 7.05 Å². The number of cyclic esters (lactones) is 1. The predicted octanol–water partition coefficient (Wildman–Crippen LogP) is -0.333. The molecule has 2 rings (SSSR count). The van der Waals surface area contributed by atoms with Crippen LogP contribution in [0.25, 0.3) is 5.70 Å². The normalized spacial score (nSPS) is 15.6. The minimum absolute atomic E-state index is 0.247. The molecule has 0 spiro atoms. The van der Waals surface area contributed by atoms with Gasteiger partial charge in [-0.3, -0.25) is 9.36 Å². The van der Waals surface area contributed by atoms with E-state index in [-0.39, 0.29) is 12.4 Å². The fourth-order valence-corrected chi connectivity index (χ4v) is 1.48. The third-order valence-electron chi connectivity index (χ3n) is 2.19. The first-order chi connectivity index (χ1) is 6.59. The van der Waals surface area contributed by atoms with Crippen molar-refractivity contribution in [3.63, 3.8) is 0 Å². The number of carbonyl (C=O) groups is 1. The van der Waals surface area contributed by atoms with Gasteiger partial charge in [-0.25, -0.2) is 0 Å². The number of carbonyl (C=O) groups excluding carboxylic acids is 1. The van der Waals surface area contributed by atoms with Gasteiger partial charge in [0.1, 0.15) is 12.7 Å². The highest BCUT2D eigenvalue weighted by atomic mass is 32.1. The molecule has 2 heterocycles. The van der Waals surface area contributed by atoms with Gasteiger partial charge in [0.2, 0.25) is 5.82 Å². The molecule has 0 saturated heterocycles. The summed E-state index contributed by atoms with van der Waals surface area (Å²) in [6.45, 7) is 1.88. The van der Waals surface area contributed by atoms with Crippen LogP contribution in [0, 0.1) is 6.92 Å². The van der Waals surface area contributed by atoms with E-state index in [1.54, 1.807) is 9.25 Å². The summed E-state index contributed by atoms with van der Waals surface area (Å²) in [5.74, 6) is 0.614. The Morgan fingerprint density at radius 2 is 2.43 bits per heavy atom. The van der Waals surface area contributed by atoms with Gasteiger partial charge in [-0.1, -0.05) is 4.68 Å². The van der Waals surface area contributed by atoms with Crippen LogP contribution < -0.4 is 4.57 Å². The second-order valence-electron chi connectivity index (χ2n) is 3.08. The van der Waals surface area contributed by atoms with Gasteiger partial charge < -0.3 is 17.4 Å². The third kappa shape index (κ3) is 1.27. The molecule has 0 N–H and O–H groups in total. The predicted molar refractivity (Wildman–Crippen MR) is 48.8 cm³/mol. The monoisotopic (exact) mass is 211 g/mol. The molecule has 0 amide bonds. The highest BCUT2D eigenvalue weighted by molar-refractivity contribution is 7.58. The number of nitrogens with zero attached hydrogens (tertiary/aromatic N) is 3. The number of hydrogen-bond donors (Lipinski definition) is 0. The average Bonchev–Trinajstić information content (AvgIpc) is 2.66. The summed E-state index contributed by atoms with van der Waals surface area (Å²) in [6, 6.07) is 0. The molecule has 5 nitrogen and oxygen atoms in total. The number of aromatic nitrogens is 3. The van der Waals surface area contributed by atoms with E-state index in [9.17, 15) is 4.79 Å². The van der Waals surface area contributed by atoms with Gasteiger partial charge in [0.15, 0.2) is 10.9 Å². The number of hydrogen-bond acceptors (Lipinski definition) is 4. The largest absolute Gasteiger partial charge is 0.703 e. The summed E-state index contributed by atoms with van der Waals surface area (Å²) < 4.78 is 8.13. The Balaban J connectivity index is 2.42. The fraction of sp³-hybridized carbons (Fsp3) is 0.375. The van der Waals surface area contributed by atoms with E-state index in [1.807, 2.05) is 14.0 Å². The highest BCUT2D eigenvalue weighted by Crippen LogP contribution is 2.17. The SMILES string of the molecule is Cc1n(C2=COC(=O)C2)nc([S-])[n+]1C. The molecular weight excluding hydrogens is 202 g/mol. The molecule has 0 fully saturated rings. The number of ether oxygens (including phenoxy) is 1. The topological polar surface area (TPSA) is 48.0 Å². The molecule has 0 bridgehead atoms. The Hall–Kier alpha value is -1.43. The van der Waals surface area contributed by atoms with Crippen LogP contribution in [0.15, 0.2) is 11.4 Å². The molecule has 14 heavy (non-hydrogen) atoms. The van der Waals surface area contributed by atoms with Crippen molar-refractivity contribution in [3.05, 3.63) is 12.1 Å². The Labute approximate surface area is 86.4 Å². The van der Waals surface area contributed by atoms with E-state index >= 15 is 0 Å². The van der Waals surface area contributed by atoms with Crippen molar-refractivity contribution in [1.29, 1.82) is 0 Å². The number of esters is 1. The van der Waals surface area contributed by atoms with Crippen LogP contribution in [0.1, 0.15) is 12.2 Å². The van der Waals surface area contributed by atoms with Gasteiger partial charge in [-0.2, -0.15) is 0 Å². The molecule has 1 aromatic rings. The van der Waals surface area contributed by atoms with Crippen LogP contribution >= 0.6 is 0 Å². The van der Waals surface area contributed by atoms with Crippen molar-refractivity contribution < 1.29 is 14.1 Å². The van der Waals surface area contributed by atoms with Crippen molar-refractivity contribution >= 4 is 24.3 Å². The molecule has 1 aliphatic rings. The molecule has 0 radical (unpaired) electrons. The molecule has 1 aliphatic heterocycles. The van der Waals surface area contributed by atoms with Crippen molar-refractivity contribution in [2.75, 3.05) is 0 Å². The lowest BCUT2D eigenvalue weighted by Crippen LogP contribution is -2.32. The van der Waals surface area contributed by atoms with Crippen molar-refractivity contribution in [1.82, 2.24) is 9.78 Å². The third-order valence-corrected chi connectivity index (χ3v) is 2.54. The molecule has 0 aromatic carbocycles. The minimum Gasteiger partial charge on any atom is -0.703 e. The van der Waals surface area contributed by atoms with Gasteiger partial charge in [-0.05, 0) is 0 Å². The van der Waals surface area contributed by atoms with Crippen LogP contribution in [-0.2, 0) is 29.2 Å².